The van der Waals surface area contributed by atoms with Crippen LogP contribution in [0.15, 0.2) is 77.9 Å². The smallest absolute Gasteiger partial charge is 0.328 e. The van der Waals surface area contributed by atoms with E-state index in [0.717, 1.165) is 5.56 Å². The molecule has 182 valence electrons. The zero-order valence-electron chi connectivity index (χ0n) is 19.2. The van der Waals surface area contributed by atoms with Crippen LogP contribution >= 0.6 is 0 Å². The second-order valence-electron chi connectivity index (χ2n) is 8.80. The van der Waals surface area contributed by atoms with Gasteiger partial charge in [0.05, 0.1) is 23.7 Å². The molecule has 37 heavy (non-hydrogen) atoms. The fourth-order valence-electron chi connectivity index (χ4n) is 4.97. The van der Waals surface area contributed by atoms with E-state index < -0.39 is 23.4 Å². The largest absolute Gasteiger partial charge is 0.490 e. The number of nitrogens with zero attached hydrogens (tertiary/aromatic N) is 5. The third-order valence-electron chi connectivity index (χ3n) is 6.63. The van der Waals surface area contributed by atoms with Crippen LogP contribution in [0.4, 0.5) is 8.78 Å². The summed E-state index contributed by atoms with van der Waals surface area (Å²) in [6, 6.07) is 17.8. The maximum absolute atomic E-state index is 14.5. The van der Waals surface area contributed by atoms with Crippen molar-refractivity contribution in [3.8, 4) is 23.0 Å². The molecular formula is C27H18F2N6O2. The van der Waals surface area contributed by atoms with Gasteiger partial charge in [-0.1, -0.05) is 42.5 Å². The molecular weight excluding hydrogens is 478 g/mol. The SMILES string of the molecule is O=c1[nH]c2c(-c3ccccc3)nc(-n3cnc4ccc(F)cc43)nc2n1[C@@H]1CCOc2c(F)cccc21. The molecule has 6 aromatic rings. The van der Waals surface area contributed by atoms with Gasteiger partial charge in [-0.3, -0.25) is 9.13 Å². The van der Waals surface area contributed by atoms with Crippen LogP contribution in [0.25, 0.3) is 39.4 Å². The average Bonchev–Trinajstić information content (AvgIpc) is 3.48. The molecule has 4 heterocycles. The number of nitrogens with one attached hydrogen (secondary N) is 1. The number of imidazole rings is 2. The molecule has 1 N–H and O–H groups in total. The number of hydrogen-bond donors (Lipinski definition) is 1. The van der Waals surface area contributed by atoms with Crippen molar-refractivity contribution in [1.82, 2.24) is 29.1 Å². The van der Waals surface area contributed by atoms with Crippen LogP contribution in [0.2, 0.25) is 0 Å². The Morgan fingerprint density at radius 1 is 1.00 bits per heavy atom. The first-order valence-corrected chi connectivity index (χ1v) is 11.7. The third-order valence-corrected chi connectivity index (χ3v) is 6.63. The second kappa shape index (κ2) is 8.09. The van der Waals surface area contributed by atoms with Crippen molar-refractivity contribution >= 4 is 22.2 Å². The van der Waals surface area contributed by atoms with Gasteiger partial charge in [-0.2, -0.15) is 4.98 Å². The van der Waals surface area contributed by atoms with Gasteiger partial charge < -0.3 is 9.72 Å². The van der Waals surface area contributed by atoms with Crippen molar-refractivity contribution in [2.24, 2.45) is 0 Å². The summed E-state index contributed by atoms with van der Waals surface area (Å²) in [6.07, 6.45) is 1.97. The Labute approximate surface area is 207 Å². The summed E-state index contributed by atoms with van der Waals surface area (Å²) in [7, 11) is 0. The lowest BCUT2D eigenvalue weighted by Gasteiger charge is -2.26. The third kappa shape index (κ3) is 3.33. The highest BCUT2D eigenvalue weighted by Gasteiger charge is 2.30. The van der Waals surface area contributed by atoms with E-state index in [0.29, 0.717) is 39.9 Å². The van der Waals surface area contributed by atoms with E-state index >= 15 is 0 Å². The van der Waals surface area contributed by atoms with Gasteiger partial charge in [0.1, 0.15) is 23.4 Å². The van der Waals surface area contributed by atoms with E-state index in [1.54, 1.807) is 22.8 Å². The van der Waals surface area contributed by atoms with E-state index in [9.17, 15) is 13.6 Å². The highest BCUT2D eigenvalue weighted by atomic mass is 19.1. The zero-order chi connectivity index (χ0) is 25.1. The lowest BCUT2D eigenvalue weighted by atomic mass is 10.00. The monoisotopic (exact) mass is 496 g/mol. The minimum absolute atomic E-state index is 0.133. The Morgan fingerprint density at radius 2 is 1.86 bits per heavy atom. The van der Waals surface area contributed by atoms with E-state index in [1.165, 1.54) is 29.1 Å². The molecule has 0 bridgehead atoms. The predicted molar refractivity (Wildman–Crippen MR) is 133 cm³/mol. The van der Waals surface area contributed by atoms with Gasteiger partial charge in [-0.25, -0.2) is 23.5 Å². The molecule has 3 aromatic carbocycles. The fraction of sp³-hybridized carbons (Fsp3) is 0.111. The van der Waals surface area contributed by atoms with Crippen LogP contribution in [0.5, 0.6) is 5.75 Å². The minimum Gasteiger partial charge on any atom is -0.490 e. The van der Waals surface area contributed by atoms with Gasteiger partial charge in [0.25, 0.3) is 0 Å². The molecule has 1 atom stereocenters. The van der Waals surface area contributed by atoms with Crippen molar-refractivity contribution in [2.45, 2.75) is 12.5 Å². The first-order chi connectivity index (χ1) is 18.1. The first kappa shape index (κ1) is 21.4. The van der Waals surface area contributed by atoms with Crippen LogP contribution in [-0.4, -0.2) is 35.7 Å². The van der Waals surface area contributed by atoms with Crippen molar-refractivity contribution in [1.29, 1.82) is 0 Å². The number of ether oxygens (including phenoxy) is 1. The number of rotatable bonds is 3. The molecule has 0 aliphatic carbocycles. The topological polar surface area (TPSA) is 90.6 Å². The molecule has 0 spiro atoms. The molecule has 0 fully saturated rings. The average molecular weight is 496 g/mol. The quantitative estimate of drug-likeness (QED) is 0.381. The van der Waals surface area contributed by atoms with Gasteiger partial charge in [-0.15, -0.1) is 0 Å². The van der Waals surface area contributed by atoms with E-state index in [-0.39, 0.29) is 18.3 Å². The number of H-pyrrole nitrogens is 1. The van der Waals surface area contributed by atoms with E-state index in [1.807, 2.05) is 30.3 Å². The Balaban J connectivity index is 1.54. The summed E-state index contributed by atoms with van der Waals surface area (Å²) in [5, 5.41) is 0. The maximum atomic E-state index is 14.5. The fourth-order valence-corrected chi connectivity index (χ4v) is 4.97. The zero-order valence-corrected chi connectivity index (χ0v) is 19.2. The van der Waals surface area contributed by atoms with Crippen LogP contribution in [0.3, 0.4) is 0 Å². The number of benzene rings is 3. The molecule has 0 unspecified atom stereocenters. The second-order valence-corrected chi connectivity index (χ2v) is 8.80. The van der Waals surface area contributed by atoms with Crippen molar-refractivity contribution in [2.75, 3.05) is 6.61 Å². The number of hydrogen-bond acceptors (Lipinski definition) is 5. The van der Waals surface area contributed by atoms with Crippen LogP contribution in [0.1, 0.15) is 18.0 Å². The highest BCUT2D eigenvalue weighted by molar-refractivity contribution is 5.88. The van der Waals surface area contributed by atoms with Gasteiger partial charge in [0, 0.05) is 23.6 Å². The summed E-state index contributed by atoms with van der Waals surface area (Å²) >= 11 is 0. The van der Waals surface area contributed by atoms with E-state index in [4.69, 9.17) is 14.7 Å². The Hall–Kier alpha value is -4.86. The number of halogens is 2. The first-order valence-electron chi connectivity index (χ1n) is 11.7. The standard InChI is InChI=1S/C27H18F2N6O2/c28-16-9-10-19-21(13-16)34(14-30-19)26-31-22(15-5-2-1-3-6-15)23-25(33-26)35(27(36)32-23)20-11-12-37-24-17(20)7-4-8-18(24)29/h1-10,13-14,20H,11-12H2,(H,32,36)/t20-/m1/s1. The van der Waals surface area contributed by atoms with Crippen molar-refractivity contribution in [3.63, 3.8) is 0 Å². The molecule has 0 radical (unpaired) electrons. The summed E-state index contributed by atoms with van der Waals surface area (Å²) in [4.78, 5) is 30.2. The van der Waals surface area contributed by atoms with E-state index in [2.05, 4.69) is 9.97 Å². The molecule has 0 amide bonds. The molecule has 1 aliphatic heterocycles. The molecule has 10 heteroatoms. The molecule has 0 saturated heterocycles. The van der Waals surface area contributed by atoms with Crippen molar-refractivity contribution < 1.29 is 13.5 Å². The predicted octanol–water partition coefficient (Wildman–Crippen LogP) is 4.78. The summed E-state index contributed by atoms with van der Waals surface area (Å²) in [5.41, 5.74) is 3.27. The number of aromatic amines is 1. The van der Waals surface area contributed by atoms with Crippen LogP contribution < -0.4 is 10.4 Å². The van der Waals surface area contributed by atoms with Gasteiger partial charge in [0.2, 0.25) is 5.95 Å². The number of para-hydroxylation sites is 1. The molecule has 8 nitrogen and oxygen atoms in total. The summed E-state index contributed by atoms with van der Waals surface area (Å²) < 4.78 is 37.3. The van der Waals surface area contributed by atoms with Gasteiger partial charge >= 0.3 is 5.69 Å². The van der Waals surface area contributed by atoms with Gasteiger partial charge in [0.15, 0.2) is 17.2 Å². The highest BCUT2D eigenvalue weighted by Crippen LogP contribution is 2.38. The Morgan fingerprint density at radius 3 is 2.73 bits per heavy atom. The summed E-state index contributed by atoms with van der Waals surface area (Å²) in [5.74, 6) is -0.548. The Kier molecular flexibility index (Phi) is 4.68. The lowest BCUT2D eigenvalue weighted by Crippen LogP contribution is -2.28. The summed E-state index contributed by atoms with van der Waals surface area (Å²) in [6.45, 7) is 0.243. The van der Waals surface area contributed by atoms with Crippen LogP contribution in [0, 0.1) is 11.6 Å². The maximum Gasteiger partial charge on any atom is 0.328 e. The number of fused-ring (bicyclic) bond motifs is 3. The normalized spacial score (nSPS) is 15.1. The molecule has 3 aromatic heterocycles. The van der Waals surface area contributed by atoms with Gasteiger partial charge in [-0.05, 0) is 18.2 Å². The molecule has 1 aliphatic rings. The number of aromatic nitrogens is 6. The van der Waals surface area contributed by atoms with Crippen molar-refractivity contribution in [3.05, 3.63) is 101 Å². The Bertz CT molecular complexity index is 1880. The van der Waals surface area contributed by atoms with Crippen LogP contribution in [-0.2, 0) is 0 Å². The minimum atomic E-state index is -0.510. The molecule has 7 rings (SSSR count). The molecule has 0 saturated carbocycles. The lowest BCUT2D eigenvalue weighted by molar-refractivity contribution is 0.244.